The van der Waals surface area contributed by atoms with Crippen LogP contribution in [0.3, 0.4) is 0 Å². The van der Waals surface area contributed by atoms with Crippen molar-refractivity contribution in [3.05, 3.63) is 145 Å². The summed E-state index contributed by atoms with van der Waals surface area (Å²) in [6, 6.07) is 43.9. The average molecular weight is 837 g/mol. The van der Waals surface area contributed by atoms with Gasteiger partial charge in [-0.3, -0.25) is 0 Å². The molecule has 0 spiro atoms. The highest BCUT2D eigenvalue weighted by molar-refractivity contribution is 14.1. The second kappa shape index (κ2) is 15.9. The Balaban J connectivity index is 1.08. The molecule has 0 amide bonds. The lowest BCUT2D eigenvalue weighted by Gasteiger charge is -2.30. The van der Waals surface area contributed by atoms with Gasteiger partial charge in [0.2, 0.25) is 0 Å². The quantitative estimate of drug-likeness (QED) is 0.0615. The van der Waals surface area contributed by atoms with Crippen molar-refractivity contribution in [3.63, 3.8) is 0 Å². The molecule has 0 fully saturated rings. The van der Waals surface area contributed by atoms with Crippen molar-refractivity contribution < 1.29 is 13.7 Å². The summed E-state index contributed by atoms with van der Waals surface area (Å²) in [6.07, 6.45) is 2.06. The van der Waals surface area contributed by atoms with Crippen LogP contribution in [0.1, 0.15) is 23.1 Å². The number of benzene rings is 5. The molecule has 0 aliphatic rings. The number of quaternary nitrogens is 2. The molecule has 0 bridgehead atoms. The molecule has 0 aromatic heterocycles. The molecule has 5 heteroatoms. The molecule has 0 saturated carbocycles. The van der Waals surface area contributed by atoms with E-state index in [1.54, 1.807) is 0 Å². The first-order valence-corrected chi connectivity index (χ1v) is 18.3. The third-order valence-electron chi connectivity index (χ3n) is 8.56. The molecule has 0 atom stereocenters. The van der Waals surface area contributed by atoms with E-state index in [1.165, 1.54) is 46.1 Å². The molecular weight excluding hydrogens is 790 g/mol. The van der Waals surface area contributed by atoms with Gasteiger partial charge in [-0.2, -0.15) is 0 Å². The number of hydrogen-bond donors (Lipinski definition) is 0. The molecule has 0 radical (unpaired) electrons. The van der Waals surface area contributed by atoms with Gasteiger partial charge in [-0.1, -0.05) is 109 Å². The third-order valence-corrected chi connectivity index (χ3v) is 10.2. The molecule has 0 aliphatic heterocycles. The number of hydrogen-bond acceptors (Lipinski definition) is 1. The Morgan fingerprint density at radius 1 is 0.500 bits per heavy atom. The molecular formula is C41H46I2N2O+2. The van der Waals surface area contributed by atoms with E-state index in [9.17, 15) is 0 Å². The lowest BCUT2D eigenvalue weighted by Crippen LogP contribution is -2.40. The first kappa shape index (κ1) is 34.6. The lowest BCUT2D eigenvalue weighted by atomic mass is 10.0. The summed E-state index contributed by atoms with van der Waals surface area (Å²) >= 11 is 4.90. The fourth-order valence-electron chi connectivity index (χ4n) is 6.01. The maximum absolute atomic E-state index is 6.37. The van der Waals surface area contributed by atoms with Gasteiger partial charge in [0.1, 0.15) is 18.8 Å². The Morgan fingerprint density at radius 2 is 0.913 bits per heavy atom. The SMILES string of the molecule is C[N+](C)(CCCOc1c(I)cc(CC[N+](C)(C)Cc2ccc(-c3ccccc3)cc2)cc1I)Cc1ccc(-c2ccccc2)cc1. The second-order valence-electron chi connectivity index (χ2n) is 13.6. The molecule has 238 valence electrons. The first-order chi connectivity index (χ1) is 22.1. The van der Waals surface area contributed by atoms with Gasteiger partial charge in [0, 0.05) is 24.0 Å². The van der Waals surface area contributed by atoms with Gasteiger partial charge in [0.05, 0.1) is 55.0 Å². The van der Waals surface area contributed by atoms with Gasteiger partial charge in [-0.15, -0.1) is 0 Å². The van der Waals surface area contributed by atoms with E-state index in [-0.39, 0.29) is 0 Å². The summed E-state index contributed by atoms with van der Waals surface area (Å²) in [5.41, 5.74) is 9.20. The van der Waals surface area contributed by atoms with Gasteiger partial charge in [0.15, 0.2) is 0 Å². The van der Waals surface area contributed by atoms with Gasteiger partial charge >= 0.3 is 0 Å². The van der Waals surface area contributed by atoms with Crippen molar-refractivity contribution in [1.29, 1.82) is 0 Å². The molecule has 5 rings (SSSR count). The Kier molecular flexibility index (Phi) is 12.0. The number of nitrogens with zero attached hydrogens (tertiary/aromatic N) is 2. The zero-order chi connectivity index (χ0) is 32.6. The average Bonchev–Trinajstić information content (AvgIpc) is 3.04. The van der Waals surface area contributed by atoms with Crippen LogP contribution in [0.15, 0.2) is 121 Å². The number of ether oxygens (including phenoxy) is 1. The molecule has 0 N–H and O–H groups in total. The van der Waals surface area contributed by atoms with Crippen LogP contribution in [0.5, 0.6) is 5.75 Å². The van der Waals surface area contributed by atoms with Crippen LogP contribution >= 0.6 is 45.2 Å². The Morgan fingerprint density at radius 3 is 1.37 bits per heavy atom. The van der Waals surface area contributed by atoms with Crippen LogP contribution in [0, 0.1) is 7.14 Å². The molecule has 3 nitrogen and oxygen atoms in total. The minimum Gasteiger partial charge on any atom is -0.491 e. The Bertz CT molecular complexity index is 1660. The number of rotatable bonds is 14. The van der Waals surface area contributed by atoms with Gasteiger partial charge in [-0.25, -0.2) is 0 Å². The van der Waals surface area contributed by atoms with Crippen LogP contribution in [0.25, 0.3) is 22.3 Å². The standard InChI is InChI=1S/C41H46I2N2O/c1-44(2,30-32-16-20-37(21-17-32)35-12-7-5-8-13-35)25-11-27-46-41-39(42)28-34(29-40(41)43)24-26-45(3,4)31-33-18-22-38(23-19-33)36-14-9-6-10-15-36/h5-10,12-23,28-29H,11,24-27,30-31H2,1-4H3/q+2. The number of halogens is 2. The normalized spacial score (nSPS) is 11.9. The molecule has 0 heterocycles. The molecule has 0 aliphatic carbocycles. The van der Waals surface area contributed by atoms with Crippen molar-refractivity contribution in [3.8, 4) is 28.0 Å². The van der Waals surface area contributed by atoms with E-state index >= 15 is 0 Å². The molecule has 0 unspecified atom stereocenters. The maximum atomic E-state index is 6.37. The summed E-state index contributed by atoms with van der Waals surface area (Å²) in [4.78, 5) is 0. The highest BCUT2D eigenvalue weighted by atomic mass is 127. The minimum atomic E-state index is 0.729. The highest BCUT2D eigenvalue weighted by Gasteiger charge is 2.19. The van der Waals surface area contributed by atoms with Crippen molar-refractivity contribution in [2.45, 2.75) is 25.9 Å². The van der Waals surface area contributed by atoms with E-state index < -0.39 is 0 Å². The van der Waals surface area contributed by atoms with Gasteiger partial charge in [0.25, 0.3) is 0 Å². The third kappa shape index (κ3) is 10.1. The van der Waals surface area contributed by atoms with Crippen molar-refractivity contribution >= 4 is 45.2 Å². The first-order valence-electron chi connectivity index (χ1n) is 16.1. The van der Waals surface area contributed by atoms with E-state index in [0.29, 0.717) is 0 Å². The summed E-state index contributed by atoms with van der Waals surface area (Å²) in [5.74, 6) is 1.03. The van der Waals surface area contributed by atoms with Gasteiger partial charge < -0.3 is 13.7 Å². The zero-order valence-electron chi connectivity index (χ0n) is 27.6. The summed E-state index contributed by atoms with van der Waals surface area (Å²) in [5, 5.41) is 0. The van der Waals surface area contributed by atoms with Crippen LogP contribution < -0.4 is 4.74 Å². The topological polar surface area (TPSA) is 9.23 Å². The van der Waals surface area contributed by atoms with E-state index in [4.69, 9.17) is 4.74 Å². The second-order valence-corrected chi connectivity index (χ2v) is 15.9. The fraction of sp³-hybridized carbons (Fsp3) is 0.268. The largest absolute Gasteiger partial charge is 0.491 e. The van der Waals surface area contributed by atoms with Gasteiger partial charge in [-0.05, 0) is 85.1 Å². The van der Waals surface area contributed by atoms with Crippen LogP contribution in [0.2, 0.25) is 0 Å². The van der Waals surface area contributed by atoms with E-state index in [1.807, 2.05) is 0 Å². The Hall–Kier alpha value is -2.72. The van der Waals surface area contributed by atoms with Crippen molar-refractivity contribution in [1.82, 2.24) is 0 Å². The van der Waals surface area contributed by atoms with Crippen LogP contribution in [0.4, 0.5) is 0 Å². The predicted octanol–water partition coefficient (Wildman–Crippen LogP) is 10.1. The lowest BCUT2D eigenvalue weighted by molar-refractivity contribution is -0.903. The number of likely N-dealkylation sites (N-methyl/N-ethyl adjacent to an activating group) is 1. The van der Waals surface area contributed by atoms with Crippen molar-refractivity contribution in [2.24, 2.45) is 0 Å². The fourth-order valence-corrected chi connectivity index (χ4v) is 8.21. The molecule has 0 saturated heterocycles. The summed E-state index contributed by atoms with van der Waals surface area (Å²) < 4.78 is 10.7. The zero-order valence-corrected chi connectivity index (χ0v) is 31.9. The van der Waals surface area contributed by atoms with Crippen molar-refractivity contribution in [2.75, 3.05) is 47.9 Å². The molecule has 5 aromatic carbocycles. The monoisotopic (exact) mass is 836 g/mol. The summed E-state index contributed by atoms with van der Waals surface area (Å²) in [6.45, 7) is 4.89. The van der Waals surface area contributed by atoms with Crippen LogP contribution in [-0.2, 0) is 19.5 Å². The predicted molar refractivity (Wildman–Crippen MR) is 211 cm³/mol. The summed E-state index contributed by atoms with van der Waals surface area (Å²) in [7, 11) is 9.29. The molecule has 5 aromatic rings. The van der Waals surface area contributed by atoms with E-state index in [2.05, 4.69) is 195 Å². The minimum absolute atomic E-state index is 0.729. The Labute approximate surface area is 303 Å². The maximum Gasteiger partial charge on any atom is 0.145 e. The smallest absolute Gasteiger partial charge is 0.145 e. The molecule has 46 heavy (non-hydrogen) atoms. The highest BCUT2D eigenvalue weighted by Crippen LogP contribution is 2.30. The van der Waals surface area contributed by atoms with E-state index in [0.717, 1.165) is 60.3 Å². The van der Waals surface area contributed by atoms with Crippen LogP contribution in [-0.4, -0.2) is 56.9 Å².